The van der Waals surface area contributed by atoms with Gasteiger partial charge in [-0.2, -0.15) is 13.2 Å². The fourth-order valence-electron chi connectivity index (χ4n) is 2.98. The number of rotatable bonds is 6. The number of nitrogens with one attached hydrogen (secondary N) is 1. The molecule has 1 atom stereocenters. The first-order valence-corrected chi connectivity index (χ1v) is 11.4. The number of alkyl halides is 3. The maximum absolute atomic E-state index is 13.7. The highest BCUT2D eigenvalue weighted by molar-refractivity contribution is 6.48. The predicted octanol–water partition coefficient (Wildman–Crippen LogP) is 8.64. The third kappa shape index (κ3) is 6.80. The molecule has 0 spiro atoms. The average Bonchev–Trinajstić information content (AvgIpc) is 2.76. The van der Waals surface area contributed by atoms with E-state index in [0.717, 1.165) is 23.8 Å². The molecule has 3 nitrogen and oxygen atoms in total. The molecule has 2 aromatic carbocycles. The van der Waals surface area contributed by atoms with Crippen molar-refractivity contribution in [2.75, 3.05) is 0 Å². The van der Waals surface area contributed by atoms with Gasteiger partial charge in [0.1, 0.15) is 5.15 Å². The first-order chi connectivity index (χ1) is 16.0. The van der Waals surface area contributed by atoms with Crippen LogP contribution in [0.5, 0.6) is 0 Å². The van der Waals surface area contributed by atoms with Crippen molar-refractivity contribution in [3.63, 3.8) is 0 Å². The summed E-state index contributed by atoms with van der Waals surface area (Å²) in [4.78, 5) is 16.4. The van der Waals surface area contributed by atoms with Gasteiger partial charge in [-0.3, -0.25) is 4.79 Å². The molecule has 0 radical (unpaired) electrons. The Kier molecular flexibility index (Phi) is 8.77. The van der Waals surface area contributed by atoms with Crippen LogP contribution in [-0.4, -0.2) is 17.1 Å². The zero-order chi connectivity index (χ0) is 25.0. The van der Waals surface area contributed by atoms with Crippen molar-refractivity contribution in [1.29, 1.82) is 0 Å². The van der Waals surface area contributed by atoms with Gasteiger partial charge in [0.25, 0.3) is 5.91 Å². The molecular formula is C23H14Cl5F3N2O. The first kappa shape index (κ1) is 26.6. The third-order valence-electron chi connectivity index (χ3n) is 4.68. The summed E-state index contributed by atoms with van der Waals surface area (Å²) in [5.41, 5.74) is 1.10. The van der Waals surface area contributed by atoms with Gasteiger partial charge in [-0.05, 0) is 47.0 Å². The molecule has 0 aliphatic heterocycles. The zero-order valence-corrected chi connectivity index (χ0v) is 20.7. The zero-order valence-electron chi connectivity index (χ0n) is 16.9. The second kappa shape index (κ2) is 11.2. The molecule has 0 bridgehead atoms. The lowest BCUT2D eigenvalue weighted by atomic mass is 9.97. The van der Waals surface area contributed by atoms with Gasteiger partial charge in [0, 0.05) is 12.7 Å². The van der Waals surface area contributed by atoms with Gasteiger partial charge < -0.3 is 5.32 Å². The van der Waals surface area contributed by atoms with E-state index in [0.29, 0.717) is 10.7 Å². The summed E-state index contributed by atoms with van der Waals surface area (Å²) in [7, 11) is 0. The molecule has 11 heteroatoms. The Bertz CT molecular complexity index is 1210. The SMILES string of the molecule is O=C(NCc1ccc(Cl)nc1)c1ccc(C=CC(c2cc(Cl)c(Cl)c(Cl)c2)C(F)(F)F)cc1Cl. The monoisotopic (exact) mass is 566 g/mol. The predicted molar refractivity (Wildman–Crippen MR) is 131 cm³/mol. The minimum Gasteiger partial charge on any atom is -0.348 e. The quantitative estimate of drug-likeness (QED) is 0.239. The molecule has 0 saturated heterocycles. The summed E-state index contributed by atoms with van der Waals surface area (Å²) in [6.07, 6.45) is -0.885. The van der Waals surface area contributed by atoms with Crippen molar-refractivity contribution < 1.29 is 18.0 Å². The number of carbonyl (C=O) groups excluding carboxylic acids is 1. The number of pyridine rings is 1. The summed E-state index contributed by atoms with van der Waals surface area (Å²) in [6.45, 7) is 0.195. The number of halogens is 8. The van der Waals surface area contributed by atoms with E-state index >= 15 is 0 Å². The molecule has 3 aromatic rings. The van der Waals surface area contributed by atoms with Crippen LogP contribution < -0.4 is 5.32 Å². The van der Waals surface area contributed by atoms with Crippen molar-refractivity contribution in [3.8, 4) is 0 Å². The van der Waals surface area contributed by atoms with Crippen molar-refractivity contribution in [2.24, 2.45) is 0 Å². The van der Waals surface area contributed by atoms with E-state index in [1.807, 2.05) is 0 Å². The standard InChI is InChI=1S/C23H14Cl5F3N2O/c24-17-7-12(1-4-15(17)22(34)33-11-13-3-6-20(27)32-10-13)2-5-16(23(29,30)31)14-8-18(25)21(28)19(26)9-14/h1-10,16H,11H2,(H,33,34). The van der Waals surface area contributed by atoms with Gasteiger partial charge in [0.05, 0.1) is 31.6 Å². The molecule has 0 aliphatic carbocycles. The Morgan fingerprint density at radius 3 is 2.21 bits per heavy atom. The number of hydrogen-bond acceptors (Lipinski definition) is 2. The fraction of sp³-hybridized carbons (Fsp3) is 0.130. The minimum absolute atomic E-state index is 0.0232. The molecule has 1 amide bonds. The minimum atomic E-state index is -4.61. The highest BCUT2D eigenvalue weighted by atomic mass is 35.5. The number of allylic oxidation sites excluding steroid dienone is 1. The second-order valence-electron chi connectivity index (χ2n) is 7.09. The summed E-state index contributed by atoms with van der Waals surface area (Å²) >= 11 is 29.6. The largest absolute Gasteiger partial charge is 0.399 e. The third-order valence-corrected chi connectivity index (χ3v) is 6.41. The summed E-state index contributed by atoms with van der Waals surface area (Å²) in [6, 6.07) is 9.85. The Morgan fingerprint density at radius 2 is 1.65 bits per heavy atom. The first-order valence-electron chi connectivity index (χ1n) is 9.53. The van der Waals surface area contributed by atoms with E-state index in [1.54, 1.807) is 12.1 Å². The molecular weight excluding hydrogens is 555 g/mol. The number of amides is 1. The molecule has 178 valence electrons. The molecule has 0 saturated carbocycles. The summed E-state index contributed by atoms with van der Waals surface area (Å²) in [5.74, 6) is -2.44. The van der Waals surface area contributed by atoms with Gasteiger partial charge >= 0.3 is 6.18 Å². The lowest BCUT2D eigenvalue weighted by Gasteiger charge is -2.18. The van der Waals surface area contributed by atoms with Crippen LogP contribution >= 0.6 is 58.0 Å². The van der Waals surface area contributed by atoms with E-state index in [9.17, 15) is 18.0 Å². The number of aromatic nitrogens is 1. The van der Waals surface area contributed by atoms with Crippen molar-refractivity contribution in [3.05, 3.63) is 102 Å². The topological polar surface area (TPSA) is 42.0 Å². The van der Waals surface area contributed by atoms with Crippen LogP contribution in [0.15, 0.2) is 54.7 Å². The Balaban J connectivity index is 1.77. The van der Waals surface area contributed by atoms with Crippen LogP contribution in [-0.2, 0) is 6.54 Å². The van der Waals surface area contributed by atoms with Gasteiger partial charge in [-0.15, -0.1) is 0 Å². The molecule has 0 aliphatic rings. The van der Waals surface area contributed by atoms with Crippen LogP contribution in [0.3, 0.4) is 0 Å². The van der Waals surface area contributed by atoms with E-state index in [-0.39, 0.29) is 37.8 Å². The molecule has 0 fully saturated rings. The Hall–Kier alpha value is -1.96. The normalized spacial score (nSPS) is 12.7. The van der Waals surface area contributed by atoms with E-state index in [1.165, 1.54) is 30.5 Å². The second-order valence-corrected chi connectivity index (χ2v) is 9.07. The average molecular weight is 569 g/mol. The molecule has 1 aromatic heterocycles. The van der Waals surface area contributed by atoms with Gasteiger partial charge in [-0.25, -0.2) is 4.98 Å². The van der Waals surface area contributed by atoms with Crippen molar-refractivity contribution in [2.45, 2.75) is 18.6 Å². The Labute approximate surface area is 218 Å². The van der Waals surface area contributed by atoms with Crippen LogP contribution in [0, 0.1) is 0 Å². The summed E-state index contributed by atoms with van der Waals surface area (Å²) in [5, 5.41) is 2.91. The fourth-order valence-corrected chi connectivity index (χ4v) is 3.98. The van der Waals surface area contributed by atoms with Crippen molar-refractivity contribution >= 4 is 70.0 Å². The van der Waals surface area contributed by atoms with Gasteiger partial charge in [-0.1, -0.05) is 82.3 Å². The smallest absolute Gasteiger partial charge is 0.348 e. The molecule has 1 heterocycles. The van der Waals surface area contributed by atoms with Crippen LogP contribution in [0.2, 0.25) is 25.2 Å². The number of benzene rings is 2. The van der Waals surface area contributed by atoms with Gasteiger partial charge in [0.15, 0.2) is 0 Å². The number of carbonyl (C=O) groups is 1. The van der Waals surface area contributed by atoms with E-state index in [4.69, 9.17) is 58.0 Å². The van der Waals surface area contributed by atoms with E-state index < -0.39 is 18.0 Å². The van der Waals surface area contributed by atoms with Crippen molar-refractivity contribution in [1.82, 2.24) is 10.3 Å². The number of nitrogens with zero attached hydrogens (tertiary/aromatic N) is 1. The maximum atomic E-state index is 13.7. The summed E-state index contributed by atoms with van der Waals surface area (Å²) < 4.78 is 41.1. The van der Waals surface area contributed by atoms with E-state index in [2.05, 4.69) is 10.3 Å². The molecule has 3 rings (SSSR count). The lowest BCUT2D eigenvalue weighted by molar-refractivity contribution is -0.139. The molecule has 1 N–H and O–H groups in total. The lowest BCUT2D eigenvalue weighted by Crippen LogP contribution is -2.23. The molecule has 34 heavy (non-hydrogen) atoms. The van der Waals surface area contributed by atoms with Crippen LogP contribution in [0.4, 0.5) is 13.2 Å². The Morgan fingerprint density at radius 1 is 0.971 bits per heavy atom. The highest BCUT2D eigenvalue weighted by Crippen LogP contribution is 2.41. The molecule has 1 unspecified atom stereocenters. The highest BCUT2D eigenvalue weighted by Gasteiger charge is 2.39. The number of hydrogen-bond donors (Lipinski definition) is 1. The van der Waals surface area contributed by atoms with Crippen LogP contribution in [0.1, 0.15) is 33.0 Å². The maximum Gasteiger partial charge on any atom is 0.399 e. The van der Waals surface area contributed by atoms with Crippen LogP contribution in [0.25, 0.3) is 6.08 Å². The van der Waals surface area contributed by atoms with Gasteiger partial charge in [0.2, 0.25) is 0 Å².